The van der Waals surface area contributed by atoms with Gasteiger partial charge in [0.1, 0.15) is 5.69 Å². The van der Waals surface area contributed by atoms with E-state index in [0.29, 0.717) is 33.9 Å². The van der Waals surface area contributed by atoms with Crippen LogP contribution in [0, 0.1) is 6.92 Å². The third-order valence-corrected chi connectivity index (χ3v) is 7.99. The number of nitrogens with one attached hydrogen (secondary N) is 4. The fraction of sp³-hybridized carbons (Fsp3) is 0.243. The lowest BCUT2D eigenvalue weighted by Crippen LogP contribution is -2.27. The molecule has 0 unspecified atom stereocenters. The first kappa shape index (κ1) is 32.0. The third kappa shape index (κ3) is 7.26. The van der Waals surface area contributed by atoms with Crippen molar-refractivity contribution in [2.45, 2.75) is 52.0 Å². The molecule has 1 aliphatic carbocycles. The number of aromatic nitrogens is 1. The average Bonchev–Trinajstić information content (AvgIpc) is 3.84. The Hall–Kier alpha value is -5.44. The summed E-state index contributed by atoms with van der Waals surface area (Å²) in [6.45, 7) is 11.8. The van der Waals surface area contributed by atoms with E-state index in [9.17, 15) is 19.2 Å². The molecule has 4 aromatic rings. The van der Waals surface area contributed by atoms with Gasteiger partial charge >= 0.3 is 0 Å². The molecule has 0 saturated heterocycles. The number of rotatable bonds is 9. The molecular formula is C37H39N5O4. The highest BCUT2D eigenvalue weighted by Gasteiger charge is 2.25. The van der Waals surface area contributed by atoms with Gasteiger partial charge in [0.25, 0.3) is 17.4 Å². The van der Waals surface area contributed by atoms with E-state index < -0.39 is 5.91 Å². The summed E-state index contributed by atoms with van der Waals surface area (Å²) in [6, 6.07) is 20.1. The van der Waals surface area contributed by atoms with Gasteiger partial charge in [-0.2, -0.15) is 0 Å². The predicted octanol–water partition coefficient (Wildman–Crippen LogP) is 6.67. The van der Waals surface area contributed by atoms with Crippen LogP contribution in [-0.2, 0) is 17.3 Å². The zero-order chi connectivity index (χ0) is 33.2. The fourth-order valence-electron chi connectivity index (χ4n) is 5.10. The number of carbonyl (C=O) groups is 3. The molecule has 0 aliphatic heterocycles. The number of nitrogens with zero attached hydrogens (tertiary/aromatic N) is 1. The van der Waals surface area contributed by atoms with Crippen molar-refractivity contribution in [2.24, 2.45) is 7.05 Å². The maximum absolute atomic E-state index is 13.2. The highest BCUT2D eigenvalue weighted by molar-refractivity contribution is 6.07. The molecule has 1 heterocycles. The Morgan fingerprint density at radius 1 is 0.891 bits per heavy atom. The van der Waals surface area contributed by atoms with Crippen molar-refractivity contribution in [1.29, 1.82) is 0 Å². The average molecular weight is 618 g/mol. The van der Waals surface area contributed by atoms with E-state index in [-0.39, 0.29) is 28.8 Å². The second-order valence-electron chi connectivity index (χ2n) is 12.6. The number of anilines is 4. The van der Waals surface area contributed by atoms with Crippen molar-refractivity contribution < 1.29 is 14.4 Å². The van der Waals surface area contributed by atoms with Crippen molar-refractivity contribution in [2.75, 3.05) is 16.0 Å². The lowest BCUT2D eigenvalue weighted by Gasteiger charge is -2.19. The SMILES string of the molecule is C=CC(=O)Nc1cc(Nc2cc(-c3cccc(NC(=O)c4ccc(C(C)(C)C)cc4)c3C)cn(C)c2=O)ccc1C(=O)NC1CC1. The van der Waals surface area contributed by atoms with Crippen LogP contribution in [0.2, 0.25) is 0 Å². The normalized spacial score (nSPS) is 12.6. The largest absolute Gasteiger partial charge is 0.351 e. The first-order chi connectivity index (χ1) is 21.8. The Morgan fingerprint density at radius 2 is 1.61 bits per heavy atom. The molecule has 1 aliphatic rings. The van der Waals surface area contributed by atoms with Crippen molar-refractivity contribution in [1.82, 2.24) is 9.88 Å². The predicted molar refractivity (Wildman–Crippen MR) is 184 cm³/mol. The molecule has 0 bridgehead atoms. The summed E-state index contributed by atoms with van der Waals surface area (Å²) in [7, 11) is 1.67. The molecule has 9 nitrogen and oxygen atoms in total. The number of carbonyl (C=O) groups excluding carboxylic acids is 3. The minimum atomic E-state index is -0.458. The van der Waals surface area contributed by atoms with E-state index in [1.54, 1.807) is 37.5 Å². The van der Waals surface area contributed by atoms with Gasteiger partial charge < -0.3 is 25.8 Å². The zero-order valence-electron chi connectivity index (χ0n) is 26.8. The Morgan fingerprint density at radius 3 is 2.26 bits per heavy atom. The van der Waals surface area contributed by atoms with Gasteiger partial charge in [-0.1, -0.05) is 51.6 Å². The second-order valence-corrected chi connectivity index (χ2v) is 12.6. The molecule has 1 saturated carbocycles. The van der Waals surface area contributed by atoms with Gasteiger partial charge in [-0.25, -0.2) is 0 Å². The van der Waals surface area contributed by atoms with Crippen molar-refractivity contribution in [3.63, 3.8) is 0 Å². The summed E-state index contributed by atoms with van der Waals surface area (Å²) in [5, 5.41) is 11.8. The molecular weight excluding hydrogens is 578 g/mol. The monoisotopic (exact) mass is 617 g/mol. The molecule has 3 aromatic carbocycles. The van der Waals surface area contributed by atoms with Gasteiger partial charge in [0.2, 0.25) is 5.91 Å². The molecule has 0 atom stereocenters. The molecule has 0 radical (unpaired) electrons. The number of amides is 3. The van der Waals surface area contributed by atoms with Crippen LogP contribution in [0.1, 0.15) is 65.5 Å². The Labute approximate surface area is 268 Å². The van der Waals surface area contributed by atoms with E-state index in [1.165, 1.54) is 4.57 Å². The highest BCUT2D eigenvalue weighted by Crippen LogP contribution is 2.31. The molecule has 236 valence electrons. The second kappa shape index (κ2) is 12.9. The van der Waals surface area contributed by atoms with Gasteiger partial charge in [0.05, 0.1) is 11.3 Å². The van der Waals surface area contributed by atoms with Crippen LogP contribution in [-0.4, -0.2) is 28.3 Å². The summed E-state index contributed by atoms with van der Waals surface area (Å²) in [6.07, 6.45) is 4.73. The molecule has 3 amide bonds. The summed E-state index contributed by atoms with van der Waals surface area (Å²) in [4.78, 5) is 51.3. The van der Waals surface area contributed by atoms with Crippen LogP contribution >= 0.6 is 0 Å². The van der Waals surface area contributed by atoms with E-state index in [1.807, 2.05) is 49.4 Å². The van der Waals surface area contributed by atoms with Crippen molar-refractivity contribution in [3.8, 4) is 11.1 Å². The maximum Gasteiger partial charge on any atom is 0.274 e. The van der Waals surface area contributed by atoms with Gasteiger partial charge in [-0.05, 0) is 90.4 Å². The van der Waals surface area contributed by atoms with Crippen LogP contribution < -0.4 is 26.8 Å². The van der Waals surface area contributed by atoms with Gasteiger partial charge in [0, 0.05) is 41.8 Å². The fourth-order valence-corrected chi connectivity index (χ4v) is 5.10. The Balaban J connectivity index is 1.42. The molecule has 5 rings (SSSR count). The lowest BCUT2D eigenvalue weighted by molar-refractivity contribution is -0.111. The van der Waals surface area contributed by atoms with Crippen molar-refractivity contribution in [3.05, 3.63) is 118 Å². The maximum atomic E-state index is 13.2. The number of hydrogen-bond donors (Lipinski definition) is 4. The molecule has 1 aromatic heterocycles. The van der Waals surface area contributed by atoms with Crippen LogP contribution in [0.4, 0.5) is 22.7 Å². The summed E-state index contributed by atoms with van der Waals surface area (Å²) < 4.78 is 1.48. The highest BCUT2D eigenvalue weighted by atomic mass is 16.2. The molecule has 9 heteroatoms. The quantitative estimate of drug-likeness (QED) is 0.156. The topological polar surface area (TPSA) is 121 Å². The van der Waals surface area contributed by atoms with Crippen LogP contribution in [0.25, 0.3) is 11.1 Å². The molecule has 0 spiro atoms. The summed E-state index contributed by atoms with van der Waals surface area (Å²) in [5.41, 5.74) is 5.94. The number of hydrogen-bond acceptors (Lipinski definition) is 5. The van der Waals surface area contributed by atoms with E-state index in [0.717, 1.165) is 41.2 Å². The number of pyridine rings is 1. The van der Waals surface area contributed by atoms with Gasteiger partial charge in [-0.3, -0.25) is 19.2 Å². The van der Waals surface area contributed by atoms with E-state index >= 15 is 0 Å². The Bertz CT molecular complexity index is 1900. The first-order valence-electron chi connectivity index (χ1n) is 15.2. The summed E-state index contributed by atoms with van der Waals surface area (Å²) >= 11 is 0. The van der Waals surface area contributed by atoms with E-state index in [2.05, 4.69) is 48.6 Å². The molecule has 46 heavy (non-hydrogen) atoms. The van der Waals surface area contributed by atoms with Crippen LogP contribution in [0.3, 0.4) is 0 Å². The van der Waals surface area contributed by atoms with Crippen LogP contribution in [0.5, 0.6) is 0 Å². The molecule has 4 N–H and O–H groups in total. The van der Waals surface area contributed by atoms with Gasteiger partial charge in [0.15, 0.2) is 0 Å². The van der Waals surface area contributed by atoms with Crippen LogP contribution in [0.15, 0.2) is 90.4 Å². The smallest absolute Gasteiger partial charge is 0.274 e. The number of benzene rings is 3. The number of aryl methyl sites for hydroxylation is 1. The standard InChI is InChI=1S/C37H39N5O4/c1-7-33(43)40-31-20-27(17-18-29(31)35(45)39-26-15-16-26)38-32-19-24(21-42(6)36(32)46)28-9-8-10-30(22(28)2)41-34(44)23-11-13-25(14-12-23)37(3,4)5/h7-14,17-21,26,38H,1,15-16H2,2-6H3,(H,39,45)(H,40,43)(H,41,44). The molecule has 1 fully saturated rings. The third-order valence-electron chi connectivity index (χ3n) is 7.99. The summed E-state index contributed by atoms with van der Waals surface area (Å²) in [5.74, 6) is -0.951. The minimum Gasteiger partial charge on any atom is -0.351 e. The Kier molecular flexibility index (Phi) is 8.96. The first-order valence-corrected chi connectivity index (χ1v) is 15.2. The van der Waals surface area contributed by atoms with Crippen molar-refractivity contribution >= 4 is 40.5 Å². The van der Waals surface area contributed by atoms with E-state index in [4.69, 9.17) is 0 Å². The van der Waals surface area contributed by atoms with Gasteiger partial charge in [-0.15, -0.1) is 0 Å². The lowest BCUT2D eigenvalue weighted by atomic mass is 9.86. The minimum absolute atomic E-state index is 0.0112. The zero-order valence-corrected chi connectivity index (χ0v) is 26.8.